The van der Waals surface area contributed by atoms with Crippen molar-refractivity contribution in [1.82, 2.24) is 0 Å². The lowest BCUT2D eigenvalue weighted by Gasteiger charge is -2.17. The van der Waals surface area contributed by atoms with Gasteiger partial charge in [-0.05, 0) is 65.6 Å². The van der Waals surface area contributed by atoms with Gasteiger partial charge < -0.3 is 9.47 Å². The Bertz CT molecular complexity index is 1430. The van der Waals surface area contributed by atoms with Crippen molar-refractivity contribution in [3.63, 3.8) is 0 Å². The number of nitriles is 1. The number of hydrogen-bond donors (Lipinski definition) is 0. The highest BCUT2D eigenvalue weighted by Gasteiger charge is 2.15. The van der Waals surface area contributed by atoms with Crippen LogP contribution in [0.2, 0.25) is 5.02 Å². The van der Waals surface area contributed by atoms with Crippen molar-refractivity contribution in [2.24, 2.45) is 0 Å². The Morgan fingerprint density at radius 2 is 1.71 bits per heavy atom. The van der Waals surface area contributed by atoms with Gasteiger partial charge in [0, 0.05) is 16.1 Å². The molecule has 0 atom stereocenters. The van der Waals surface area contributed by atoms with Crippen LogP contribution in [-0.2, 0) is 13.0 Å². The molecule has 0 fully saturated rings. The number of benzene rings is 4. The number of nitrogens with zero attached hydrogens (tertiary/aromatic N) is 1. The molecule has 0 saturated carbocycles. The molecule has 0 N–H and O–H groups in total. The third-order valence-electron chi connectivity index (χ3n) is 5.64. The van der Waals surface area contributed by atoms with Gasteiger partial charge in [-0.25, -0.2) is 0 Å². The van der Waals surface area contributed by atoms with Gasteiger partial charge in [0.15, 0.2) is 11.5 Å². The minimum absolute atomic E-state index is 0.319. The van der Waals surface area contributed by atoms with Crippen LogP contribution in [0.5, 0.6) is 11.5 Å². The molecule has 174 valence electrons. The van der Waals surface area contributed by atoms with E-state index < -0.39 is 0 Å². The summed E-state index contributed by atoms with van der Waals surface area (Å²) >= 11 is 6.32. The quantitative estimate of drug-likeness (QED) is 0.138. The highest BCUT2D eigenvalue weighted by molar-refractivity contribution is 6.31. The number of hydrogen-bond acceptors (Lipinski definition) is 3. The van der Waals surface area contributed by atoms with Crippen LogP contribution in [0.15, 0.2) is 91.5 Å². The maximum Gasteiger partial charge on any atom is 0.165 e. The third kappa shape index (κ3) is 5.74. The topological polar surface area (TPSA) is 42.2 Å². The Hall–Kier alpha value is -4.00. The summed E-state index contributed by atoms with van der Waals surface area (Å²) in [5.41, 5.74) is 4.13. The van der Waals surface area contributed by atoms with E-state index in [1.807, 2.05) is 91.9 Å². The van der Waals surface area contributed by atoms with Gasteiger partial charge in [-0.3, -0.25) is 0 Å². The van der Waals surface area contributed by atoms with E-state index in [1.54, 1.807) is 0 Å². The first kappa shape index (κ1) is 24.1. The van der Waals surface area contributed by atoms with Crippen LogP contribution in [0, 0.1) is 11.3 Å². The van der Waals surface area contributed by atoms with Gasteiger partial charge >= 0.3 is 0 Å². The standard InChI is InChI=1S/C31H26ClNO2/c1-3-9-26-16-22(17-28(20-33)25-15-14-23-10-5-6-11-24(23)19-25)18-30(34-4-2)31(26)35-21-27-12-7-8-13-29(27)32/h3,5-8,10-19H,1,4,9,21H2,2H3. The zero-order valence-corrected chi connectivity index (χ0v) is 20.4. The molecule has 0 unspecified atom stereocenters. The van der Waals surface area contributed by atoms with Gasteiger partial charge in [-0.15, -0.1) is 6.58 Å². The van der Waals surface area contributed by atoms with Crippen molar-refractivity contribution in [2.75, 3.05) is 6.61 Å². The van der Waals surface area contributed by atoms with E-state index in [0.29, 0.717) is 41.7 Å². The maximum atomic E-state index is 9.95. The third-order valence-corrected chi connectivity index (χ3v) is 6.01. The molecule has 4 aromatic carbocycles. The summed E-state index contributed by atoms with van der Waals surface area (Å²) in [5.74, 6) is 1.29. The predicted molar refractivity (Wildman–Crippen MR) is 145 cm³/mol. The SMILES string of the molecule is C=CCc1cc(C=C(C#N)c2ccc3ccccc3c2)cc(OCC)c1OCc1ccccc1Cl. The molecule has 3 nitrogen and oxygen atoms in total. The van der Waals surface area contributed by atoms with Crippen molar-refractivity contribution < 1.29 is 9.47 Å². The molecule has 4 heteroatoms. The lowest BCUT2D eigenvalue weighted by Crippen LogP contribution is -2.03. The summed E-state index contributed by atoms with van der Waals surface area (Å²) < 4.78 is 12.2. The molecule has 0 radical (unpaired) electrons. The summed E-state index contributed by atoms with van der Waals surface area (Å²) in [5, 5.41) is 12.8. The fourth-order valence-electron chi connectivity index (χ4n) is 3.97. The molecular formula is C31H26ClNO2. The molecule has 0 aliphatic heterocycles. The lowest BCUT2D eigenvalue weighted by atomic mass is 9.98. The smallest absolute Gasteiger partial charge is 0.165 e. The van der Waals surface area contributed by atoms with Crippen LogP contribution in [-0.4, -0.2) is 6.61 Å². The first-order valence-corrected chi connectivity index (χ1v) is 11.9. The highest BCUT2D eigenvalue weighted by atomic mass is 35.5. The van der Waals surface area contributed by atoms with Crippen LogP contribution in [0.4, 0.5) is 0 Å². The second-order valence-electron chi connectivity index (χ2n) is 8.04. The van der Waals surface area contributed by atoms with Crippen molar-refractivity contribution in [3.05, 3.63) is 119 Å². The Labute approximate surface area is 211 Å². The van der Waals surface area contributed by atoms with Gasteiger partial charge in [0.05, 0.1) is 18.2 Å². The van der Waals surface area contributed by atoms with Crippen LogP contribution in [0.3, 0.4) is 0 Å². The number of ether oxygens (including phenoxy) is 2. The van der Waals surface area contributed by atoms with Crippen molar-refractivity contribution in [3.8, 4) is 17.6 Å². The number of halogens is 1. The summed E-state index contributed by atoms with van der Waals surface area (Å²) in [4.78, 5) is 0. The molecule has 0 aliphatic rings. The van der Waals surface area contributed by atoms with E-state index >= 15 is 0 Å². The number of rotatable bonds is 9. The average Bonchev–Trinajstić information content (AvgIpc) is 2.88. The molecule has 0 aliphatic carbocycles. The first-order chi connectivity index (χ1) is 17.1. The minimum Gasteiger partial charge on any atom is -0.490 e. The Morgan fingerprint density at radius 1 is 0.943 bits per heavy atom. The second-order valence-corrected chi connectivity index (χ2v) is 8.45. The molecule has 0 aromatic heterocycles. The van der Waals surface area contributed by atoms with E-state index in [0.717, 1.165) is 33.0 Å². The lowest BCUT2D eigenvalue weighted by molar-refractivity contribution is 0.267. The van der Waals surface area contributed by atoms with Crippen LogP contribution < -0.4 is 9.47 Å². The largest absolute Gasteiger partial charge is 0.490 e. The Balaban J connectivity index is 1.73. The second kappa shape index (κ2) is 11.4. The predicted octanol–water partition coefficient (Wildman–Crippen LogP) is 8.26. The van der Waals surface area contributed by atoms with E-state index in [9.17, 15) is 5.26 Å². The average molecular weight is 480 g/mol. The molecule has 0 saturated heterocycles. The van der Waals surface area contributed by atoms with Crippen LogP contribution in [0.25, 0.3) is 22.4 Å². The highest BCUT2D eigenvalue weighted by Crippen LogP contribution is 2.36. The molecule has 35 heavy (non-hydrogen) atoms. The van der Waals surface area contributed by atoms with Crippen molar-refractivity contribution in [2.45, 2.75) is 20.0 Å². The molecular weight excluding hydrogens is 454 g/mol. The van der Waals surface area contributed by atoms with E-state index in [4.69, 9.17) is 21.1 Å². The van der Waals surface area contributed by atoms with E-state index in [1.165, 1.54) is 0 Å². The number of allylic oxidation sites excluding steroid dienone is 2. The molecule has 0 spiro atoms. The maximum absolute atomic E-state index is 9.95. The fourth-order valence-corrected chi connectivity index (χ4v) is 4.16. The summed E-state index contributed by atoms with van der Waals surface area (Å²) in [7, 11) is 0. The normalized spacial score (nSPS) is 11.2. The number of fused-ring (bicyclic) bond motifs is 1. The van der Waals surface area contributed by atoms with Gasteiger partial charge in [0.25, 0.3) is 0 Å². The minimum atomic E-state index is 0.319. The van der Waals surface area contributed by atoms with E-state index in [2.05, 4.69) is 18.7 Å². The van der Waals surface area contributed by atoms with Crippen LogP contribution >= 0.6 is 11.6 Å². The van der Waals surface area contributed by atoms with Crippen LogP contribution in [0.1, 0.15) is 29.2 Å². The van der Waals surface area contributed by atoms with Gasteiger partial charge in [0.2, 0.25) is 0 Å². The first-order valence-electron chi connectivity index (χ1n) is 11.5. The van der Waals surface area contributed by atoms with Crippen molar-refractivity contribution >= 4 is 34.0 Å². The zero-order chi connectivity index (χ0) is 24.6. The fraction of sp³-hybridized carbons (Fsp3) is 0.129. The summed E-state index contributed by atoms with van der Waals surface area (Å²) in [6, 6.07) is 28.1. The molecule has 4 aromatic rings. The Morgan fingerprint density at radius 3 is 2.46 bits per heavy atom. The van der Waals surface area contributed by atoms with Gasteiger partial charge in [-0.2, -0.15) is 5.26 Å². The monoisotopic (exact) mass is 479 g/mol. The molecule has 0 heterocycles. The van der Waals surface area contributed by atoms with Crippen molar-refractivity contribution in [1.29, 1.82) is 5.26 Å². The molecule has 0 amide bonds. The summed E-state index contributed by atoms with van der Waals surface area (Å²) in [6.45, 7) is 6.64. The van der Waals surface area contributed by atoms with Gasteiger partial charge in [0.1, 0.15) is 6.61 Å². The van der Waals surface area contributed by atoms with E-state index in [-0.39, 0.29) is 0 Å². The van der Waals surface area contributed by atoms with Gasteiger partial charge in [-0.1, -0.05) is 72.3 Å². The summed E-state index contributed by atoms with van der Waals surface area (Å²) in [6.07, 6.45) is 4.31. The molecule has 0 bridgehead atoms. The molecule has 4 rings (SSSR count). The zero-order valence-electron chi connectivity index (χ0n) is 19.6. The Kier molecular flexibility index (Phi) is 7.88.